The van der Waals surface area contributed by atoms with E-state index >= 15 is 0 Å². The van der Waals surface area contributed by atoms with Crippen molar-refractivity contribution < 1.29 is 0 Å². The molecule has 4 saturated carbocycles. The highest BCUT2D eigenvalue weighted by Gasteiger charge is 2.57. The molecular weight excluding hydrogens is 268 g/mol. The van der Waals surface area contributed by atoms with Gasteiger partial charge in [-0.2, -0.15) is 0 Å². The van der Waals surface area contributed by atoms with Crippen LogP contribution in [0.4, 0.5) is 0 Å². The van der Waals surface area contributed by atoms with E-state index in [1.165, 1.54) is 38.5 Å². The summed E-state index contributed by atoms with van der Waals surface area (Å²) in [5.74, 6) is 3.12. The van der Waals surface area contributed by atoms with E-state index in [0.29, 0.717) is 11.6 Å². The summed E-state index contributed by atoms with van der Waals surface area (Å²) in [4.78, 5) is 0. The Morgan fingerprint density at radius 2 is 1.59 bits per heavy atom. The van der Waals surface area contributed by atoms with Gasteiger partial charge in [0.25, 0.3) is 0 Å². The lowest BCUT2D eigenvalue weighted by atomic mass is 9.80. The van der Waals surface area contributed by atoms with E-state index in [9.17, 15) is 0 Å². The summed E-state index contributed by atoms with van der Waals surface area (Å²) in [6, 6.07) is 9.60. The van der Waals surface area contributed by atoms with Crippen LogP contribution in [-0.2, 0) is 12.8 Å². The minimum absolute atomic E-state index is 0.550. The molecule has 1 aromatic rings. The van der Waals surface area contributed by atoms with Crippen LogP contribution in [-0.4, -0.2) is 24.7 Å². The van der Waals surface area contributed by atoms with Gasteiger partial charge < -0.3 is 10.6 Å². The van der Waals surface area contributed by atoms with E-state index in [1.54, 1.807) is 17.5 Å². The standard InChI is InChI=1S/C20H28N2/c1-2-4-17-11-19(10-16(17)3-1)21-5-6-22-20-12-14-7-15(13-20)9-18(20)8-14/h1-4,14-15,18-19,21-22H,5-13H2. The zero-order valence-electron chi connectivity index (χ0n) is 13.5. The Kier molecular flexibility index (Phi) is 3.13. The van der Waals surface area contributed by atoms with Crippen LogP contribution in [0.15, 0.2) is 24.3 Å². The van der Waals surface area contributed by atoms with E-state index in [-0.39, 0.29) is 0 Å². The zero-order valence-corrected chi connectivity index (χ0v) is 13.5. The molecule has 22 heavy (non-hydrogen) atoms. The minimum atomic E-state index is 0.550. The minimum Gasteiger partial charge on any atom is -0.312 e. The molecule has 0 aliphatic heterocycles. The second kappa shape index (κ2) is 5.07. The molecule has 2 unspecified atom stereocenters. The lowest BCUT2D eigenvalue weighted by Crippen LogP contribution is -2.49. The Labute approximate surface area is 134 Å². The van der Waals surface area contributed by atoms with Crippen molar-refractivity contribution in [3.8, 4) is 0 Å². The third-order valence-corrected chi connectivity index (χ3v) is 7.08. The molecule has 2 nitrogen and oxygen atoms in total. The third-order valence-electron chi connectivity index (χ3n) is 7.08. The highest BCUT2D eigenvalue weighted by molar-refractivity contribution is 5.33. The average Bonchev–Trinajstić information content (AvgIpc) is 3.10. The first kappa shape index (κ1) is 13.6. The SMILES string of the molecule is c1ccc2c(c1)CC(NCCNC13CC4CC(CC1C4)C3)C2. The van der Waals surface area contributed by atoms with Gasteiger partial charge in [0, 0.05) is 24.7 Å². The molecule has 1 aromatic carbocycles. The summed E-state index contributed by atoms with van der Waals surface area (Å²) >= 11 is 0. The Hall–Kier alpha value is -0.860. The normalized spacial score (nSPS) is 38.8. The van der Waals surface area contributed by atoms with Gasteiger partial charge in [-0.15, -0.1) is 0 Å². The van der Waals surface area contributed by atoms with Gasteiger partial charge in [-0.25, -0.2) is 0 Å². The fourth-order valence-electron chi connectivity index (χ4n) is 6.38. The van der Waals surface area contributed by atoms with E-state index in [1.807, 2.05) is 0 Å². The topological polar surface area (TPSA) is 24.1 Å². The highest BCUT2D eigenvalue weighted by Crippen LogP contribution is 2.60. The second-order valence-electron chi connectivity index (χ2n) is 8.46. The van der Waals surface area contributed by atoms with Gasteiger partial charge in [0.15, 0.2) is 0 Å². The first-order valence-electron chi connectivity index (χ1n) is 9.36. The Balaban J connectivity index is 1.11. The zero-order chi connectivity index (χ0) is 14.6. The molecule has 0 aromatic heterocycles. The number of hydrogen-bond acceptors (Lipinski definition) is 2. The molecule has 4 bridgehead atoms. The van der Waals surface area contributed by atoms with Crippen LogP contribution in [0.1, 0.15) is 43.2 Å². The average molecular weight is 296 g/mol. The summed E-state index contributed by atoms with van der Waals surface area (Å²) in [7, 11) is 0. The monoisotopic (exact) mass is 296 g/mol. The maximum absolute atomic E-state index is 4.00. The van der Waals surface area contributed by atoms with Crippen LogP contribution in [0, 0.1) is 17.8 Å². The number of rotatable bonds is 5. The van der Waals surface area contributed by atoms with Crippen molar-refractivity contribution in [3.05, 3.63) is 35.4 Å². The molecule has 5 aliphatic carbocycles. The molecule has 118 valence electrons. The van der Waals surface area contributed by atoms with Gasteiger partial charge in [0.2, 0.25) is 0 Å². The molecule has 0 amide bonds. The molecule has 2 heteroatoms. The first-order chi connectivity index (χ1) is 10.8. The molecule has 2 N–H and O–H groups in total. The van der Waals surface area contributed by atoms with Crippen molar-refractivity contribution in [2.45, 2.75) is 56.5 Å². The lowest BCUT2D eigenvalue weighted by Gasteiger charge is -2.34. The van der Waals surface area contributed by atoms with Gasteiger partial charge in [-0.1, -0.05) is 24.3 Å². The predicted octanol–water partition coefficient (Wildman–Crippen LogP) is 2.91. The second-order valence-corrected chi connectivity index (χ2v) is 8.46. The molecule has 5 aliphatic rings. The predicted molar refractivity (Wildman–Crippen MR) is 89.9 cm³/mol. The van der Waals surface area contributed by atoms with Gasteiger partial charge in [-0.05, 0) is 73.8 Å². The molecule has 6 rings (SSSR count). The van der Waals surface area contributed by atoms with E-state index in [4.69, 9.17) is 0 Å². The fraction of sp³-hybridized carbons (Fsp3) is 0.700. The third kappa shape index (κ3) is 2.15. The maximum atomic E-state index is 4.00. The summed E-state index contributed by atoms with van der Waals surface area (Å²) in [5.41, 5.74) is 3.66. The maximum Gasteiger partial charge on any atom is 0.0215 e. The van der Waals surface area contributed by atoms with E-state index in [0.717, 1.165) is 30.8 Å². The Bertz CT molecular complexity index is 528. The smallest absolute Gasteiger partial charge is 0.0215 e. The van der Waals surface area contributed by atoms with Crippen molar-refractivity contribution in [3.63, 3.8) is 0 Å². The summed E-state index contributed by atoms with van der Waals surface area (Å²) in [6.45, 7) is 2.28. The molecule has 0 spiro atoms. The van der Waals surface area contributed by atoms with Gasteiger partial charge >= 0.3 is 0 Å². The molecule has 2 atom stereocenters. The lowest BCUT2D eigenvalue weighted by molar-refractivity contribution is 0.234. The van der Waals surface area contributed by atoms with Gasteiger partial charge in [-0.3, -0.25) is 0 Å². The van der Waals surface area contributed by atoms with Crippen LogP contribution in [0.25, 0.3) is 0 Å². The molecular formula is C20H28N2. The van der Waals surface area contributed by atoms with Crippen molar-refractivity contribution in [1.82, 2.24) is 10.6 Å². The van der Waals surface area contributed by atoms with Crippen LogP contribution in [0.2, 0.25) is 0 Å². The van der Waals surface area contributed by atoms with E-state index in [2.05, 4.69) is 34.9 Å². The first-order valence-corrected chi connectivity index (χ1v) is 9.36. The number of fused-ring (bicyclic) bond motifs is 1. The quantitative estimate of drug-likeness (QED) is 0.817. The van der Waals surface area contributed by atoms with Crippen LogP contribution in [0.5, 0.6) is 0 Å². The molecule has 0 heterocycles. The molecule has 0 radical (unpaired) electrons. The molecule has 4 fully saturated rings. The highest BCUT2D eigenvalue weighted by atomic mass is 15.0. The fourth-order valence-corrected chi connectivity index (χ4v) is 6.38. The summed E-state index contributed by atoms with van der Waals surface area (Å²) in [6.07, 6.45) is 9.97. The van der Waals surface area contributed by atoms with Crippen molar-refractivity contribution in [2.24, 2.45) is 17.8 Å². The Morgan fingerprint density at radius 3 is 2.27 bits per heavy atom. The van der Waals surface area contributed by atoms with Crippen molar-refractivity contribution >= 4 is 0 Å². The largest absolute Gasteiger partial charge is 0.312 e. The number of hydrogen-bond donors (Lipinski definition) is 2. The van der Waals surface area contributed by atoms with Crippen molar-refractivity contribution in [1.29, 1.82) is 0 Å². The van der Waals surface area contributed by atoms with E-state index < -0.39 is 0 Å². The summed E-state index contributed by atoms with van der Waals surface area (Å²) < 4.78 is 0. The Morgan fingerprint density at radius 1 is 0.909 bits per heavy atom. The number of nitrogens with one attached hydrogen (secondary N) is 2. The van der Waals surface area contributed by atoms with Crippen LogP contribution in [0.3, 0.4) is 0 Å². The van der Waals surface area contributed by atoms with Gasteiger partial charge in [0.05, 0.1) is 0 Å². The van der Waals surface area contributed by atoms with Crippen molar-refractivity contribution in [2.75, 3.05) is 13.1 Å². The summed E-state index contributed by atoms with van der Waals surface area (Å²) in [5, 5.41) is 7.79. The van der Waals surface area contributed by atoms with Crippen LogP contribution >= 0.6 is 0 Å². The van der Waals surface area contributed by atoms with Gasteiger partial charge in [0.1, 0.15) is 0 Å². The van der Waals surface area contributed by atoms with Crippen LogP contribution < -0.4 is 10.6 Å². The number of benzene rings is 1. The molecule has 0 saturated heterocycles.